The molecule has 3 rings (SSSR count). The van der Waals surface area contributed by atoms with E-state index in [4.69, 9.17) is 4.74 Å². The lowest BCUT2D eigenvalue weighted by atomic mass is 10.2. The molecule has 3 N–H and O–H groups in total. The van der Waals surface area contributed by atoms with Gasteiger partial charge in [0.2, 0.25) is 0 Å². The van der Waals surface area contributed by atoms with Gasteiger partial charge in [-0.05, 0) is 43.3 Å². The number of hydrogen-bond donors (Lipinski definition) is 3. The van der Waals surface area contributed by atoms with Crippen molar-refractivity contribution in [2.24, 2.45) is 0 Å². The first kappa shape index (κ1) is 16.5. The molecule has 2 amide bonds. The van der Waals surface area contributed by atoms with Crippen LogP contribution in [0.15, 0.2) is 54.6 Å². The Morgan fingerprint density at radius 1 is 1.08 bits per heavy atom. The van der Waals surface area contributed by atoms with E-state index in [-0.39, 0.29) is 0 Å². The minimum absolute atomic E-state index is 0.327. The molecule has 0 aliphatic rings. The zero-order valence-corrected chi connectivity index (χ0v) is 13.4. The van der Waals surface area contributed by atoms with Gasteiger partial charge < -0.3 is 9.72 Å². The fourth-order valence-corrected chi connectivity index (χ4v) is 2.25. The van der Waals surface area contributed by atoms with Crippen LogP contribution >= 0.6 is 0 Å². The van der Waals surface area contributed by atoms with Crippen LogP contribution in [-0.4, -0.2) is 22.9 Å². The van der Waals surface area contributed by atoms with Crippen LogP contribution in [0.5, 0.6) is 5.75 Å². The third-order valence-electron chi connectivity index (χ3n) is 3.57. The van der Waals surface area contributed by atoms with Crippen molar-refractivity contribution < 1.29 is 18.7 Å². The topological polar surface area (TPSA) is 83.2 Å². The second-order valence-corrected chi connectivity index (χ2v) is 5.43. The highest BCUT2D eigenvalue weighted by molar-refractivity contribution is 5.98. The van der Waals surface area contributed by atoms with E-state index in [2.05, 4.69) is 15.8 Å². The summed E-state index contributed by atoms with van der Waals surface area (Å²) >= 11 is 0. The van der Waals surface area contributed by atoms with E-state index in [0.29, 0.717) is 11.4 Å². The van der Waals surface area contributed by atoms with Crippen LogP contribution < -0.4 is 15.6 Å². The van der Waals surface area contributed by atoms with Gasteiger partial charge in [-0.15, -0.1) is 0 Å². The number of carbonyl (C=O) groups excluding carboxylic acids is 2. The van der Waals surface area contributed by atoms with Crippen LogP contribution in [0.4, 0.5) is 4.39 Å². The summed E-state index contributed by atoms with van der Waals surface area (Å²) in [6.07, 6.45) is -0.867. The number of amides is 2. The van der Waals surface area contributed by atoms with E-state index in [1.807, 2.05) is 24.3 Å². The molecule has 128 valence electrons. The van der Waals surface area contributed by atoms with Crippen LogP contribution in [0, 0.1) is 5.82 Å². The predicted octanol–water partition coefficient (Wildman–Crippen LogP) is 2.54. The standard InChI is InChI=1S/C18H16FN3O3/c1-11(25-14-8-6-13(19)7-9-14)17(23)21-22-18(24)16-10-12-4-2-3-5-15(12)20-16/h2-11,20H,1H3,(H,21,23)(H,22,24)/t11-/m1/s1. The fraction of sp³-hybridized carbons (Fsp3) is 0.111. The molecule has 3 aromatic rings. The van der Waals surface area contributed by atoms with E-state index in [9.17, 15) is 14.0 Å². The van der Waals surface area contributed by atoms with Crippen molar-refractivity contribution in [1.29, 1.82) is 0 Å². The first-order valence-electron chi connectivity index (χ1n) is 7.63. The maximum atomic E-state index is 12.8. The Morgan fingerprint density at radius 3 is 2.52 bits per heavy atom. The van der Waals surface area contributed by atoms with Gasteiger partial charge >= 0.3 is 0 Å². The Hall–Kier alpha value is -3.35. The molecular formula is C18H16FN3O3. The van der Waals surface area contributed by atoms with Gasteiger partial charge in [0.1, 0.15) is 17.3 Å². The minimum atomic E-state index is -0.867. The smallest absolute Gasteiger partial charge is 0.286 e. The van der Waals surface area contributed by atoms with Gasteiger partial charge in [-0.3, -0.25) is 20.4 Å². The van der Waals surface area contributed by atoms with Crippen molar-refractivity contribution in [3.05, 3.63) is 66.1 Å². The van der Waals surface area contributed by atoms with Crippen molar-refractivity contribution >= 4 is 22.7 Å². The monoisotopic (exact) mass is 341 g/mol. The summed E-state index contributed by atoms with van der Waals surface area (Å²) in [6.45, 7) is 1.52. The van der Waals surface area contributed by atoms with E-state index in [0.717, 1.165) is 10.9 Å². The van der Waals surface area contributed by atoms with Crippen molar-refractivity contribution in [3.63, 3.8) is 0 Å². The Balaban J connectivity index is 1.55. The molecule has 0 radical (unpaired) electrons. The minimum Gasteiger partial charge on any atom is -0.481 e. The lowest BCUT2D eigenvalue weighted by molar-refractivity contribution is -0.128. The zero-order valence-electron chi connectivity index (χ0n) is 13.4. The third-order valence-corrected chi connectivity index (χ3v) is 3.57. The van der Waals surface area contributed by atoms with Crippen molar-refractivity contribution in [3.8, 4) is 5.75 Å². The summed E-state index contributed by atoms with van der Waals surface area (Å²) in [5, 5.41) is 0.895. The van der Waals surface area contributed by atoms with Crippen molar-refractivity contribution in [2.45, 2.75) is 13.0 Å². The summed E-state index contributed by atoms with van der Waals surface area (Å²) in [7, 11) is 0. The molecule has 0 saturated carbocycles. The Bertz CT molecular complexity index is 872. The van der Waals surface area contributed by atoms with E-state index >= 15 is 0 Å². The summed E-state index contributed by atoms with van der Waals surface area (Å²) in [6, 6.07) is 14.4. The van der Waals surface area contributed by atoms with Gasteiger partial charge in [-0.2, -0.15) is 0 Å². The van der Waals surface area contributed by atoms with Crippen molar-refractivity contribution in [2.75, 3.05) is 0 Å². The van der Waals surface area contributed by atoms with E-state index < -0.39 is 23.7 Å². The number of nitrogens with one attached hydrogen (secondary N) is 3. The summed E-state index contributed by atoms with van der Waals surface area (Å²) < 4.78 is 18.2. The van der Waals surface area contributed by atoms with E-state index in [1.54, 1.807) is 6.07 Å². The molecular weight excluding hydrogens is 325 g/mol. The lowest BCUT2D eigenvalue weighted by Crippen LogP contribution is -2.47. The molecule has 1 atom stereocenters. The van der Waals surface area contributed by atoms with Gasteiger partial charge in [0, 0.05) is 10.9 Å². The predicted molar refractivity (Wildman–Crippen MR) is 90.4 cm³/mol. The normalized spacial score (nSPS) is 11.8. The molecule has 1 aromatic heterocycles. The molecule has 6 nitrogen and oxygen atoms in total. The highest BCUT2D eigenvalue weighted by Crippen LogP contribution is 2.14. The molecule has 0 spiro atoms. The maximum absolute atomic E-state index is 12.8. The average molecular weight is 341 g/mol. The molecule has 7 heteroatoms. The van der Waals surface area contributed by atoms with Crippen molar-refractivity contribution in [1.82, 2.24) is 15.8 Å². The highest BCUT2D eigenvalue weighted by Gasteiger charge is 2.16. The summed E-state index contributed by atoms with van der Waals surface area (Å²) in [5.74, 6) is -1.05. The van der Waals surface area contributed by atoms with Crippen LogP contribution in [-0.2, 0) is 4.79 Å². The third kappa shape index (κ3) is 3.95. The number of H-pyrrole nitrogens is 1. The molecule has 0 aliphatic carbocycles. The van der Waals surface area contributed by atoms with Crippen LogP contribution in [0.2, 0.25) is 0 Å². The number of aromatic nitrogens is 1. The van der Waals surface area contributed by atoms with Crippen LogP contribution in [0.3, 0.4) is 0 Å². The lowest BCUT2D eigenvalue weighted by Gasteiger charge is -2.14. The van der Waals surface area contributed by atoms with Crippen LogP contribution in [0.1, 0.15) is 17.4 Å². The number of carbonyl (C=O) groups is 2. The number of ether oxygens (including phenoxy) is 1. The Morgan fingerprint density at radius 2 is 1.80 bits per heavy atom. The zero-order chi connectivity index (χ0) is 17.8. The molecule has 0 bridgehead atoms. The number of benzene rings is 2. The average Bonchev–Trinajstić information content (AvgIpc) is 3.05. The fourth-order valence-electron chi connectivity index (χ4n) is 2.25. The van der Waals surface area contributed by atoms with Gasteiger partial charge in [0.25, 0.3) is 11.8 Å². The molecule has 25 heavy (non-hydrogen) atoms. The number of hydrogen-bond acceptors (Lipinski definition) is 3. The number of halogens is 1. The molecule has 0 unspecified atom stereocenters. The first-order valence-corrected chi connectivity index (χ1v) is 7.63. The molecule has 0 fully saturated rings. The van der Waals surface area contributed by atoms with E-state index in [1.165, 1.54) is 31.2 Å². The number of rotatable bonds is 4. The molecule has 2 aromatic carbocycles. The molecule has 0 saturated heterocycles. The van der Waals surface area contributed by atoms with Gasteiger partial charge in [-0.1, -0.05) is 18.2 Å². The van der Waals surface area contributed by atoms with Gasteiger partial charge in [0.05, 0.1) is 0 Å². The molecule has 1 heterocycles. The number of para-hydroxylation sites is 1. The quantitative estimate of drug-likeness (QED) is 0.638. The summed E-state index contributed by atoms with van der Waals surface area (Å²) in [5.41, 5.74) is 5.78. The first-order chi connectivity index (χ1) is 12.0. The van der Waals surface area contributed by atoms with Gasteiger partial charge in [0.15, 0.2) is 6.10 Å². The SMILES string of the molecule is C[C@@H](Oc1ccc(F)cc1)C(=O)NNC(=O)c1cc2ccccc2[nH]1. The number of hydrazine groups is 1. The number of fused-ring (bicyclic) bond motifs is 1. The summed E-state index contributed by atoms with van der Waals surface area (Å²) in [4.78, 5) is 27.0. The van der Waals surface area contributed by atoms with Gasteiger partial charge in [-0.25, -0.2) is 4.39 Å². The number of aromatic amines is 1. The largest absolute Gasteiger partial charge is 0.481 e. The maximum Gasteiger partial charge on any atom is 0.286 e. The Kier molecular flexibility index (Phi) is 4.65. The second-order valence-electron chi connectivity index (χ2n) is 5.43. The molecule has 0 aliphatic heterocycles. The highest BCUT2D eigenvalue weighted by atomic mass is 19.1. The van der Waals surface area contributed by atoms with Crippen LogP contribution in [0.25, 0.3) is 10.9 Å². The second kappa shape index (κ2) is 7.04. The Labute approximate surface area is 143 Å².